The molecule has 2 rings (SSSR count). The Kier molecular flexibility index (Phi) is 3.59. The zero-order valence-corrected chi connectivity index (χ0v) is 9.74. The molecule has 16 heavy (non-hydrogen) atoms. The number of aromatic nitrogens is 2. The Morgan fingerprint density at radius 2 is 1.69 bits per heavy atom. The Labute approximate surface area is 103 Å². The van der Waals surface area contributed by atoms with Crippen molar-refractivity contribution >= 4 is 23.2 Å². The summed E-state index contributed by atoms with van der Waals surface area (Å²) in [5, 5.41) is 0.658. The molecule has 0 amide bonds. The van der Waals surface area contributed by atoms with Gasteiger partial charge in [-0.1, -0.05) is 11.6 Å². The van der Waals surface area contributed by atoms with E-state index in [-0.39, 0.29) is 6.01 Å². The second-order valence-electron chi connectivity index (χ2n) is 3.06. The van der Waals surface area contributed by atoms with Crippen LogP contribution >= 0.6 is 23.2 Å². The highest BCUT2D eigenvalue weighted by atomic mass is 35.5. The minimum Gasteiger partial charge on any atom is -0.424 e. The second kappa shape index (κ2) is 5.14. The molecule has 0 atom stereocenters. The molecule has 1 aromatic carbocycles. The van der Waals surface area contributed by atoms with E-state index in [1.165, 1.54) is 0 Å². The Morgan fingerprint density at radius 1 is 1.06 bits per heavy atom. The van der Waals surface area contributed by atoms with Crippen molar-refractivity contribution in [3.8, 4) is 11.8 Å². The molecular formula is C11H8Cl2N2O. The third kappa shape index (κ3) is 2.84. The zero-order chi connectivity index (χ0) is 11.4. The fourth-order valence-corrected chi connectivity index (χ4v) is 1.34. The molecule has 2 aromatic rings. The third-order valence-corrected chi connectivity index (χ3v) is 2.42. The van der Waals surface area contributed by atoms with Crippen molar-refractivity contribution in [3.05, 3.63) is 47.2 Å². The number of benzene rings is 1. The summed E-state index contributed by atoms with van der Waals surface area (Å²) in [5.74, 6) is 1.03. The van der Waals surface area contributed by atoms with Crippen molar-refractivity contribution in [2.75, 3.05) is 0 Å². The number of halogens is 2. The maximum absolute atomic E-state index is 5.75. The summed E-state index contributed by atoms with van der Waals surface area (Å²) in [7, 11) is 0. The van der Waals surface area contributed by atoms with Crippen LogP contribution in [0.1, 0.15) is 5.56 Å². The quantitative estimate of drug-likeness (QED) is 0.785. The molecule has 0 N–H and O–H groups in total. The van der Waals surface area contributed by atoms with Crippen LogP contribution in [-0.2, 0) is 5.88 Å². The number of alkyl halides is 1. The largest absolute Gasteiger partial charge is 0.424 e. The van der Waals surface area contributed by atoms with Gasteiger partial charge in [0.25, 0.3) is 0 Å². The van der Waals surface area contributed by atoms with Crippen LogP contribution < -0.4 is 4.74 Å². The van der Waals surface area contributed by atoms with Crippen LogP contribution in [0, 0.1) is 0 Å². The second-order valence-corrected chi connectivity index (χ2v) is 3.77. The molecule has 0 saturated carbocycles. The smallest absolute Gasteiger partial charge is 0.321 e. The van der Waals surface area contributed by atoms with Gasteiger partial charge in [0, 0.05) is 23.0 Å². The van der Waals surface area contributed by atoms with Gasteiger partial charge in [-0.25, -0.2) is 9.97 Å². The number of nitrogens with zero attached hydrogens (tertiary/aromatic N) is 2. The molecule has 1 heterocycles. The first-order valence-electron chi connectivity index (χ1n) is 4.58. The van der Waals surface area contributed by atoms with E-state index >= 15 is 0 Å². The summed E-state index contributed by atoms with van der Waals surface area (Å²) in [6.45, 7) is 0. The lowest BCUT2D eigenvalue weighted by atomic mass is 10.3. The molecule has 0 aliphatic carbocycles. The summed E-state index contributed by atoms with van der Waals surface area (Å²) in [4.78, 5) is 8.03. The standard InChI is InChI=1S/C11H8Cl2N2O/c12-5-8-6-14-11(15-7-8)16-10-3-1-9(13)2-4-10/h1-4,6-7H,5H2. The van der Waals surface area contributed by atoms with Gasteiger partial charge in [0.15, 0.2) is 0 Å². The van der Waals surface area contributed by atoms with Gasteiger partial charge in [-0.05, 0) is 24.3 Å². The number of hydrogen-bond acceptors (Lipinski definition) is 3. The van der Waals surface area contributed by atoms with Crippen LogP contribution in [0.4, 0.5) is 0 Å². The average molecular weight is 255 g/mol. The molecule has 1 aromatic heterocycles. The van der Waals surface area contributed by atoms with E-state index in [0.717, 1.165) is 5.56 Å². The van der Waals surface area contributed by atoms with E-state index in [9.17, 15) is 0 Å². The SMILES string of the molecule is ClCc1cnc(Oc2ccc(Cl)cc2)nc1. The molecule has 0 fully saturated rings. The topological polar surface area (TPSA) is 35.0 Å². The van der Waals surface area contributed by atoms with Crippen LogP contribution in [0.15, 0.2) is 36.7 Å². The third-order valence-electron chi connectivity index (χ3n) is 1.86. The molecule has 0 unspecified atom stereocenters. The number of rotatable bonds is 3. The molecule has 0 aliphatic rings. The molecule has 0 spiro atoms. The van der Waals surface area contributed by atoms with Crippen molar-refractivity contribution in [2.24, 2.45) is 0 Å². The summed E-state index contributed by atoms with van der Waals surface area (Å²) < 4.78 is 5.41. The van der Waals surface area contributed by atoms with Crippen molar-refractivity contribution in [1.82, 2.24) is 9.97 Å². The van der Waals surface area contributed by atoms with Crippen LogP contribution in [0.2, 0.25) is 5.02 Å². The van der Waals surface area contributed by atoms with Gasteiger partial charge in [-0.3, -0.25) is 0 Å². The molecule has 3 nitrogen and oxygen atoms in total. The lowest BCUT2D eigenvalue weighted by molar-refractivity contribution is 0.441. The Balaban J connectivity index is 2.11. The fourth-order valence-electron chi connectivity index (χ4n) is 1.07. The zero-order valence-electron chi connectivity index (χ0n) is 8.23. The Hall–Kier alpha value is -1.32. The van der Waals surface area contributed by atoms with Crippen LogP contribution in [-0.4, -0.2) is 9.97 Å². The molecule has 0 saturated heterocycles. The lowest BCUT2D eigenvalue weighted by Crippen LogP contribution is -1.92. The monoisotopic (exact) mass is 254 g/mol. The van der Waals surface area contributed by atoms with Crippen molar-refractivity contribution in [3.63, 3.8) is 0 Å². The maximum Gasteiger partial charge on any atom is 0.321 e. The highest BCUT2D eigenvalue weighted by molar-refractivity contribution is 6.30. The molecule has 5 heteroatoms. The van der Waals surface area contributed by atoms with E-state index < -0.39 is 0 Å². The van der Waals surface area contributed by atoms with Gasteiger partial charge in [-0.2, -0.15) is 0 Å². The maximum atomic E-state index is 5.75. The van der Waals surface area contributed by atoms with E-state index in [4.69, 9.17) is 27.9 Å². The molecule has 0 aliphatic heterocycles. The predicted octanol–water partition coefficient (Wildman–Crippen LogP) is 3.66. The van der Waals surface area contributed by atoms with Crippen molar-refractivity contribution in [1.29, 1.82) is 0 Å². The first-order valence-corrected chi connectivity index (χ1v) is 5.49. The summed E-state index contributed by atoms with van der Waals surface area (Å²) in [5.41, 5.74) is 0.852. The van der Waals surface area contributed by atoms with Gasteiger partial charge in [-0.15, -0.1) is 11.6 Å². The summed E-state index contributed by atoms with van der Waals surface area (Å²) in [6.07, 6.45) is 3.26. The predicted molar refractivity (Wildman–Crippen MR) is 63.1 cm³/mol. The minimum atomic E-state index is 0.288. The van der Waals surface area contributed by atoms with Gasteiger partial charge in [0.1, 0.15) is 5.75 Å². The lowest BCUT2D eigenvalue weighted by Gasteiger charge is -2.03. The van der Waals surface area contributed by atoms with Gasteiger partial charge >= 0.3 is 6.01 Å². The van der Waals surface area contributed by atoms with E-state index in [0.29, 0.717) is 16.7 Å². The first kappa shape index (κ1) is 11.2. The number of ether oxygens (including phenoxy) is 1. The first-order chi connectivity index (χ1) is 7.78. The van der Waals surface area contributed by atoms with Gasteiger partial charge in [0.05, 0.1) is 5.88 Å². The fraction of sp³-hybridized carbons (Fsp3) is 0.0909. The highest BCUT2D eigenvalue weighted by Crippen LogP contribution is 2.19. The van der Waals surface area contributed by atoms with Crippen LogP contribution in [0.25, 0.3) is 0 Å². The molecule has 82 valence electrons. The van der Waals surface area contributed by atoms with Crippen LogP contribution in [0.5, 0.6) is 11.8 Å². The van der Waals surface area contributed by atoms with Crippen LogP contribution in [0.3, 0.4) is 0 Å². The molecular weight excluding hydrogens is 247 g/mol. The average Bonchev–Trinajstić information content (AvgIpc) is 2.33. The van der Waals surface area contributed by atoms with E-state index in [1.807, 2.05) is 0 Å². The minimum absolute atomic E-state index is 0.288. The van der Waals surface area contributed by atoms with Crippen molar-refractivity contribution in [2.45, 2.75) is 5.88 Å². The highest BCUT2D eigenvalue weighted by Gasteiger charge is 2.00. The number of hydrogen-bond donors (Lipinski definition) is 0. The Bertz CT molecular complexity index is 456. The van der Waals surface area contributed by atoms with E-state index in [1.54, 1.807) is 36.7 Å². The van der Waals surface area contributed by atoms with Gasteiger partial charge < -0.3 is 4.74 Å². The summed E-state index contributed by atoms with van der Waals surface area (Å²) in [6, 6.07) is 7.27. The molecule has 0 bridgehead atoms. The van der Waals surface area contributed by atoms with Gasteiger partial charge in [0.2, 0.25) is 0 Å². The molecule has 0 radical (unpaired) electrons. The summed E-state index contributed by atoms with van der Waals surface area (Å²) >= 11 is 11.4. The van der Waals surface area contributed by atoms with Crippen molar-refractivity contribution < 1.29 is 4.74 Å². The van der Waals surface area contributed by atoms with E-state index in [2.05, 4.69) is 9.97 Å². The Morgan fingerprint density at radius 3 is 2.25 bits per heavy atom. The normalized spacial score (nSPS) is 10.1.